The Kier molecular flexibility index (Phi) is 11.9. The van der Waals surface area contributed by atoms with Crippen molar-refractivity contribution in [1.82, 2.24) is 0 Å². The highest BCUT2D eigenvalue weighted by molar-refractivity contribution is 5.60. The maximum absolute atomic E-state index is 11.8. The van der Waals surface area contributed by atoms with Gasteiger partial charge in [-0.05, 0) is 37.5 Å². The third-order valence-corrected chi connectivity index (χ3v) is 4.53. The first-order valence-electron chi connectivity index (χ1n) is 10.5. The summed E-state index contributed by atoms with van der Waals surface area (Å²) in [4.78, 5) is 23.5. The Balaban J connectivity index is 2.12. The number of unbranched alkanes of at least 4 members (excludes halogenated alkanes) is 3. The smallest absolute Gasteiger partial charge is 0.434 e. The molecule has 1 aliphatic rings. The van der Waals surface area contributed by atoms with Crippen LogP contribution in [-0.2, 0) is 18.9 Å². The molecule has 0 bridgehead atoms. The SMILES string of the molecule is CC(C)CCCCCCOC(=O)OC1CCCC(OC(=O)OCC(C)C)C1. The van der Waals surface area contributed by atoms with Crippen LogP contribution in [0.1, 0.15) is 85.5 Å². The summed E-state index contributed by atoms with van der Waals surface area (Å²) in [6.45, 7) is 9.14. The summed E-state index contributed by atoms with van der Waals surface area (Å²) in [5.41, 5.74) is 0. The maximum Gasteiger partial charge on any atom is 0.508 e. The third-order valence-electron chi connectivity index (χ3n) is 4.53. The molecule has 6 nitrogen and oxygen atoms in total. The Labute approximate surface area is 164 Å². The van der Waals surface area contributed by atoms with Gasteiger partial charge in [-0.2, -0.15) is 0 Å². The van der Waals surface area contributed by atoms with E-state index in [1.807, 2.05) is 13.8 Å². The molecular weight excluding hydrogens is 348 g/mol. The van der Waals surface area contributed by atoms with E-state index in [1.54, 1.807) is 0 Å². The summed E-state index contributed by atoms with van der Waals surface area (Å²) in [6, 6.07) is 0. The summed E-state index contributed by atoms with van der Waals surface area (Å²) >= 11 is 0. The Morgan fingerprint density at radius 1 is 0.815 bits per heavy atom. The number of hydrogen-bond donors (Lipinski definition) is 0. The third kappa shape index (κ3) is 12.5. The molecule has 6 heteroatoms. The Hall–Kier alpha value is -1.46. The molecular formula is C21H38O6. The van der Waals surface area contributed by atoms with Crippen molar-refractivity contribution in [2.45, 2.75) is 97.7 Å². The summed E-state index contributed by atoms with van der Waals surface area (Å²) in [5, 5.41) is 0. The second kappa shape index (κ2) is 13.7. The first-order valence-corrected chi connectivity index (χ1v) is 10.5. The lowest BCUT2D eigenvalue weighted by molar-refractivity contribution is -0.0364. The molecule has 2 unspecified atom stereocenters. The number of ether oxygens (including phenoxy) is 4. The molecule has 158 valence electrons. The molecule has 2 atom stereocenters. The van der Waals surface area contributed by atoms with Gasteiger partial charge in [-0.3, -0.25) is 0 Å². The predicted octanol–water partition coefficient (Wildman–Crippen LogP) is 5.87. The summed E-state index contributed by atoms with van der Waals surface area (Å²) in [7, 11) is 0. The van der Waals surface area contributed by atoms with Crippen molar-refractivity contribution in [3.63, 3.8) is 0 Å². The molecule has 1 rings (SSSR count). The number of rotatable bonds is 11. The van der Waals surface area contributed by atoms with Crippen molar-refractivity contribution >= 4 is 12.3 Å². The fourth-order valence-electron chi connectivity index (χ4n) is 3.05. The van der Waals surface area contributed by atoms with Gasteiger partial charge in [-0.25, -0.2) is 9.59 Å². The van der Waals surface area contributed by atoms with Crippen molar-refractivity contribution in [3.05, 3.63) is 0 Å². The lowest BCUT2D eigenvalue weighted by Gasteiger charge is -2.28. The van der Waals surface area contributed by atoms with Gasteiger partial charge in [0.05, 0.1) is 13.2 Å². The van der Waals surface area contributed by atoms with Crippen LogP contribution in [0.3, 0.4) is 0 Å². The van der Waals surface area contributed by atoms with E-state index in [0.717, 1.165) is 38.0 Å². The molecule has 0 aromatic rings. The molecule has 1 saturated carbocycles. The van der Waals surface area contributed by atoms with Crippen molar-refractivity contribution in [1.29, 1.82) is 0 Å². The van der Waals surface area contributed by atoms with Gasteiger partial charge in [-0.15, -0.1) is 0 Å². The van der Waals surface area contributed by atoms with Crippen LogP contribution < -0.4 is 0 Å². The zero-order chi connectivity index (χ0) is 20.1. The van der Waals surface area contributed by atoms with E-state index >= 15 is 0 Å². The zero-order valence-corrected chi connectivity index (χ0v) is 17.5. The average Bonchev–Trinajstić information content (AvgIpc) is 2.59. The highest BCUT2D eigenvalue weighted by Crippen LogP contribution is 2.24. The molecule has 1 aliphatic carbocycles. The van der Waals surface area contributed by atoms with Gasteiger partial charge in [-0.1, -0.05) is 53.4 Å². The second-order valence-electron chi connectivity index (χ2n) is 8.30. The molecule has 0 saturated heterocycles. The minimum absolute atomic E-state index is 0.264. The summed E-state index contributed by atoms with van der Waals surface area (Å²) in [5.74, 6) is 1.02. The van der Waals surface area contributed by atoms with Crippen LogP contribution >= 0.6 is 0 Å². The predicted molar refractivity (Wildman–Crippen MR) is 104 cm³/mol. The second-order valence-corrected chi connectivity index (χ2v) is 8.30. The van der Waals surface area contributed by atoms with Crippen molar-refractivity contribution in [3.8, 4) is 0 Å². The lowest BCUT2D eigenvalue weighted by atomic mass is 9.95. The van der Waals surface area contributed by atoms with Crippen LogP contribution in [0.5, 0.6) is 0 Å². The number of hydrogen-bond acceptors (Lipinski definition) is 6. The van der Waals surface area contributed by atoms with E-state index in [9.17, 15) is 9.59 Å². The van der Waals surface area contributed by atoms with E-state index in [1.165, 1.54) is 19.3 Å². The average molecular weight is 387 g/mol. The monoisotopic (exact) mass is 386 g/mol. The summed E-state index contributed by atoms with van der Waals surface area (Å²) < 4.78 is 20.9. The van der Waals surface area contributed by atoms with Crippen LogP contribution in [0.15, 0.2) is 0 Å². The van der Waals surface area contributed by atoms with Crippen molar-refractivity contribution in [2.75, 3.05) is 13.2 Å². The van der Waals surface area contributed by atoms with E-state index < -0.39 is 12.3 Å². The molecule has 0 spiro atoms. The van der Waals surface area contributed by atoms with Crippen molar-refractivity contribution in [2.24, 2.45) is 11.8 Å². The normalized spacial score (nSPS) is 19.8. The lowest BCUT2D eigenvalue weighted by Crippen LogP contribution is -2.32. The van der Waals surface area contributed by atoms with Gasteiger partial charge < -0.3 is 18.9 Å². The van der Waals surface area contributed by atoms with Gasteiger partial charge in [0.25, 0.3) is 0 Å². The first-order chi connectivity index (χ1) is 12.9. The van der Waals surface area contributed by atoms with Gasteiger partial charge in [0, 0.05) is 6.42 Å². The molecule has 1 fully saturated rings. The highest BCUT2D eigenvalue weighted by Gasteiger charge is 2.28. The van der Waals surface area contributed by atoms with Crippen molar-refractivity contribution < 1.29 is 28.5 Å². The Morgan fingerprint density at radius 2 is 1.41 bits per heavy atom. The maximum atomic E-state index is 11.8. The van der Waals surface area contributed by atoms with Crippen LogP contribution in [0, 0.1) is 11.8 Å². The minimum atomic E-state index is -0.644. The molecule has 0 N–H and O–H groups in total. The van der Waals surface area contributed by atoms with E-state index in [4.69, 9.17) is 18.9 Å². The standard InChI is InChI=1S/C21H38O6/c1-16(2)10-7-5-6-8-13-24-20(22)26-18-11-9-12-19(14-18)27-21(23)25-15-17(3)4/h16-19H,5-15H2,1-4H3. The summed E-state index contributed by atoms with van der Waals surface area (Å²) in [6.07, 6.45) is 6.67. The quantitative estimate of drug-likeness (QED) is 0.327. The van der Waals surface area contributed by atoms with Gasteiger partial charge in [0.1, 0.15) is 12.2 Å². The molecule has 0 aliphatic heterocycles. The van der Waals surface area contributed by atoms with Crippen LogP contribution in [0.2, 0.25) is 0 Å². The molecule has 0 heterocycles. The van der Waals surface area contributed by atoms with E-state index in [-0.39, 0.29) is 18.1 Å². The molecule has 0 radical (unpaired) electrons. The largest absolute Gasteiger partial charge is 0.508 e. The van der Waals surface area contributed by atoms with Gasteiger partial charge >= 0.3 is 12.3 Å². The topological polar surface area (TPSA) is 71.1 Å². The molecule has 0 aromatic heterocycles. The van der Waals surface area contributed by atoms with Crippen LogP contribution in [0.25, 0.3) is 0 Å². The highest BCUT2D eigenvalue weighted by atomic mass is 16.7. The van der Waals surface area contributed by atoms with Gasteiger partial charge in [0.15, 0.2) is 0 Å². The number of carbonyl (C=O) groups is 2. The van der Waals surface area contributed by atoms with Crippen LogP contribution in [0.4, 0.5) is 9.59 Å². The molecule has 0 aromatic carbocycles. The Morgan fingerprint density at radius 3 is 2.00 bits per heavy atom. The van der Waals surface area contributed by atoms with E-state index in [0.29, 0.717) is 19.6 Å². The minimum Gasteiger partial charge on any atom is -0.434 e. The number of carbonyl (C=O) groups excluding carboxylic acids is 2. The molecule has 0 amide bonds. The molecule has 27 heavy (non-hydrogen) atoms. The van der Waals surface area contributed by atoms with E-state index in [2.05, 4.69) is 13.8 Å². The first kappa shape index (κ1) is 23.6. The Bertz CT molecular complexity index is 421. The fraction of sp³-hybridized carbons (Fsp3) is 0.905. The fourth-order valence-corrected chi connectivity index (χ4v) is 3.05. The zero-order valence-electron chi connectivity index (χ0n) is 17.5. The van der Waals surface area contributed by atoms with Crippen LogP contribution in [-0.4, -0.2) is 37.7 Å². The van der Waals surface area contributed by atoms with Gasteiger partial charge in [0.2, 0.25) is 0 Å².